The summed E-state index contributed by atoms with van der Waals surface area (Å²) < 4.78 is 0.941. The molecule has 0 amide bonds. The van der Waals surface area contributed by atoms with Crippen molar-refractivity contribution in [1.82, 2.24) is 4.98 Å². The van der Waals surface area contributed by atoms with Gasteiger partial charge in [-0.05, 0) is 30.3 Å². The lowest BCUT2D eigenvalue weighted by Gasteiger charge is -2.05. The molecule has 0 saturated carbocycles. The van der Waals surface area contributed by atoms with Gasteiger partial charge in [-0.3, -0.25) is 5.41 Å². The molecule has 0 radical (unpaired) electrons. The molecule has 0 unspecified atom stereocenters. The van der Waals surface area contributed by atoms with Crippen molar-refractivity contribution >= 4 is 49.7 Å². The lowest BCUT2D eigenvalue weighted by molar-refractivity contribution is 1.37. The van der Waals surface area contributed by atoms with Gasteiger partial charge < -0.3 is 22.9 Å². The van der Waals surface area contributed by atoms with E-state index < -0.39 is 0 Å². The third kappa shape index (κ3) is 3.89. The minimum atomic E-state index is 0.0694. The fourth-order valence-corrected chi connectivity index (χ4v) is 2.53. The zero-order chi connectivity index (χ0) is 17.0. The highest BCUT2D eigenvalue weighted by atomic mass is 79.9. The number of nitrogen functional groups attached to an aromatic ring is 4. The molecule has 0 aliphatic heterocycles. The van der Waals surface area contributed by atoms with E-state index in [1.54, 1.807) is 30.5 Å². The number of fused-ring (bicyclic) bond motifs is 1. The van der Waals surface area contributed by atoms with Crippen molar-refractivity contribution in [3.8, 4) is 0 Å². The monoisotopic (exact) mass is 372 g/mol. The van der Waals surface area contributed by atoms with E-state index in [1.807, 2.05) is 18.2 Å². The van der Waals surface area contributed by atoms with Crippen LogP contribution in [-0.2, 0) is 0 Å². The molecule has 0 atom stereocenters. The van der Waals surface area contributed by atoms with Crippen molar-refractivity contribution in [1.29, 1.82) is 5.41 Å². The highest BCUT2D eigenvalue weighted by Crippen LogP contribution is 2.30. The molecule has 3 aromatic rings. The van der Waals surface area contributed by atoms with Crippen LogP contribution in [0, 0.1) is 5.41 Å². The van der Waals surface area contributed by atoms with Crippen LogP contribution in [0.25, 0.3) is 10.8 Å². The van der Waals surface area contributed by atoms with Gasteiger partial charge in [0.15, 0.2) is 0 Å². The third-order valence-electron chi connectivity index (χ3n) is 3.16. The Morgan fingerprint density at radius 2 is 1.65 bits per heavy atom. The van der Waals surface area contributed by atoms with E-state index in [0.717, 1.165) is 15.2 Å². The summed E-state index contributed by atoms with van der Waals surface area (Å²) in [5, 5.41) is 8.96. The quantitative estimate of drug-likeness (QED) is 0.253. The van der Waals surface area contributed by atoms with Gasteiger partial charge in [0.25, 0.3) is 0 Å². The number of nitrogens with one attached hydrogen (secondary N) is 1. The second-order valence-electron chi connectivity index (χ2n) is 4.80. The van der Waals surface area contributed by atoms with E-state index in [9.17, 15) is 0 Å². The number of hydrogen-bond acceptors (Lipinski definition) is 5. The third-order valence-corrected chi connectivity index (χ3v) is 3.82. The normalized spacial score (nSPS) is 9.96. The average Bonchev–Trinajstić information content (AvgIpc) is 2.52. The molecule has 9 N–H and O–H groups in total. The maximum Gasteiger partial charge on any atom is 0.147 e. The smallest absolute Gasteiger partial charge is 0.147 e. The Balaban J connectivity index is 0.000000174. The molecule has 0 aliphatic rings. The zero-order valence-electron chi connectivity index (χ0n) is 12.3. The van der Waals surface area contributed by atoms with Gasteiger partial charge in [0.05, 0.1) is 5.69 Å². The standard InChI is InChI=1S/C9H8BrN3.C7H9N3/c10-6-3-1-2-5-4-13-9(12)8(11)7(5)6;8-6-3-1-5(2-4-6)7(9)10/h1-4H,11H2,(H2,12,13);1-4H,8H2,(H3,9,10). The summed E-state index contributed by atoms with van der Waals surface area (Å²) in [5.74, 6) is 0.444. The van der Waals surface area contributed by atoms with Gasteiger partial charge in [-0.2, -0.15) is 0 Å². The minimum Gasteiger partial charge on any atom is -0.399 e. The summed E-state index contributed by atoms with van der Waals surface area (Å²) in [7, 11) is 0. The van der Waals surface area contributed by atoms with Gasteiger partial charge >= 0.3 is 0 Å². The fourth-order valence-electron chi connectivity index (χ4n) is 1.93. The number of nitrogens with two attached hydrogens (primary N) is 4. The van der Waals surface area contributed by atoms with Crippen LogP contribution in [0.1, 0.15) is 5.56 Å². The zero-order valence-corrected chi connectivity index (χ0v) is 13.8. The summed E-state index contributed by atoms with van der Waals surface area (Å²) in [4.78, 5) is 3.98. The fraction of sp³-hybridized carbons (Fsp3) is 0. The molecule has 1 heterocycles. The number of nitrogens with zero attached hydrogens (tertiary/aromatic N) is 1. The first-order chi connectivity index (χ1) is 10.9. The van der Waals surface area contributed by atoms with Crippen molar-refractivity contribution in [2.24, 2.45) is 5.73 Å². The van der Waals surface area contributed by atoms with E-state index in [-0.39, 0.29) is 5.84 Å². The van der Waals surface area contributed by atoms with Crippen LogP contribution in [-0.4, -0.2) is 10.8 Å². The predicted octanol–water partition coefficient (Wildman–Crippen LogP) is 2.71. The Kier molecular flexibility index (Phi) is 5.02. The summed E-state index contributed by atoms with van der Waals surface area (Å²) in [6.07, 6.45) is 1.71. The van der Waals surface area contributed by atoms with Crippen LogP contribution < -0.4 is 22.9 Å². The molecule has 2 aromatic carbocycles. The predicted molar refractivity (Wildman–Crippen MR) is 100 cm³/mol. The minimum absolute atomic E-state index is 0.0694. The number of amidine groups is 1. The molecule has 0 spiro atoms. The molecule has 7 heteroatoms. The number of anilines is 3. The maximum atomic E-state index is 7.04. The molecular formula is C16H17BrN6. The van der Waals surface area contributed by atoms with Crippen LogP contribution in [0.15, 0.2) is 53.1 Å². The largest absolute Gasteiger partial charge is 0.399 e. The molecule has 0 fully saturated rings. The van der Waals surface area contributed by atoms with E-state index in [1.165, 1.54) is 0 Å². The Labute approximate surface area is 142 Å². The molecule has 118 valence electrons. The van der Waals surface area contributed by atoms with Crippen molar-refractivity contribution < 1.29 is 0 Å². The Morgan fingerprint density at radius 3 is 2.26 bits per heavy atom. The van der Waals surface area contributed by atoms with Crippen molar-refractivity contribution in [2.75, 3.05) is 17.2 Å². The van der Waals surface area contributed by atoms with E-state index in [2.05, 4.69) is 20.9 Å². The van der Waals surface area contributed by atoms with E-state index in [4.69, 9.17) is 28.3 Å². The van der Waals surface area contributed by atoms with Gasteiger partial charge in [0.2, 0.25) is 0 Å². The number of halogens is 1. The molecule has 23 heavy (non-hydrogen) atoms. The Hall–Kier alpha value is -2.80. The summed E-state index contributed by atoms with van der Waals surface area (Å²) in [5.41, 5.74) is 23.9. The van der Waals surface area contributed by atoms with Gasteiger partial charge in [0.1, 0.15) is 11.7 Å². The number of pyridine rings is 1. The molecule has 0 bridgehead atoms. The number of rotatable bonds is 1. The van der Waals surface area contributed by atoms with Crippen LogP contribution in [0.2, 0.25) is 0 Å². The number of benzene rings is 2. The van der Waals surface area contributed by atoms with Gasteiger partial charge in [0, 0.05) is 32.7 Å². The highest BCUT2D eigenvalue weighted by molar-refractivity contribution is 9.10. The van der Waals surface area contributed by atoms with Crippen LogP contribution in [0.5, 0.6) is 0 Å². The van der Waals surface area contributed by atoms with E-state index >= 15 is 0 Å². The summed E-state index contributed by atoms with van der Waals surface area (Å²) in [6, 6.07) is 12.7. The summed E-state index contributed by atoms with van der Waals surface area (Å²) >= 11 is 3.42. The van der Waals surface area contributed by atoms with Gasteiger partial charge in [-0.1, -0.05) is 28.1 Å². The first-order valence-electron chi connectivity index (χ1n) is 6.68. The lowest BCUT2D eigenvalue weighted by atomic mass is 10.1. The molecule has 6 nitrogen and oxygen atoms in total. The van der Waals surface area contributed by atoms with Crippen molar-refractivity contribution in [3.63, 3.8) is 0 Å². The van der Waals surface area contributed by atoms with Crippen molar-refractivity contribution in [3.05, 3.63) is 58.7 Å². The molecule has 1 aromatic heterocycles. The first kappa shape index (κ1) is 16.6. The molecule has 0 saturated heterocycles. The highest BCUT2D eigenvalue weighted by Gasteiger charge is 2.05. The lowest BCUT2D eigenvalue weighted by Crippen LogP contribution is -2.10. The second kappa shape index (κ2) is 6.97. The SMILES string of the molecule is N=C(N)c1ccc(N)cc1.Nc1ncc2cccc(Br)c2c1N. The maximum absolute atomic E-state index is 7.04. The Bertz CT molecular complexity index is 845. The van der Waals surface area contributed by atoms with Gasteiger partial charge in [-0.25, -0.2) is 4.98 Å². The second-order valence-corrected chi connectivity index (χ2v) is 5.65. The Morgan fingerprint density at radius 1 is 1.00 bits per heavy atom. The van der Waals surface area contributed by atoms with Crippen LogP contribution in [0.3, 0.4) is 0 Å². The van der Waals surface area contributed by atoms with E-state index in [0.29, 0.717) is 22.8 Å². The summed E-state index contributed by atoms with van der Waals surface area (Å²) in [6.45, 7) is 0. The van der Waals surface area contributed by atoms with Gasteiger partial charge in [-0.15, -0.1) is 0 Å². The topological polar surface area (TPSA) is 141 Å². The average molecular weight is 373 g/mol. The van der Waals surface area contributed by atoms with Crippen molar-refractivity contribution in [2.45, 2.75) is 0 Å². The van der Waals surface area contributed by atoms with Crippen LogP contribution in [0.4, 0.5) is 17.2 Å². The van der Waals surface area contributed by atoms with Crippen LogP contribution >= 0.6 is 15.9 Å². The first-order valence-corrected chi connectivity index (χ1v) is 7.47. The number of aromatic nitrogens is 1. The molecule has 3 rings (SSSR count). The molecular weight excluding hydrogens is 356 g/mol. The molecule has 0 aliphatic carbocycles. The number of hydrogen-bond donors (Lipinski definition) is 5.